The summed E-state index contributed by atoms with van der Waals surface area (Å²) >= 11 is 5.57. The van der Waals surface area contributed by atoms with E-state index >= 15 is 0 Å². The predicted molar refractivity (Wildman–Crippen MR) is 119 cm³/mol. The summed E-state index contributed by atoms with van der Waals surface area (Å²) in [7, 11) is 0. The van der Waals surface area contributed by atoms with Crippen LogP contribution in [-0.4, -0.2) is 34.8 Å². The van der Waals surface area contributed by atoms with Crippen LogP contribution < -0.4 is 21.7 Å². The molecule has 1 saturated heterocycles. The Morgan fingerprint density at radius 1 is 1.14 bits per heavy atom. The molecular formula is C22H27N5OS. The predicted octanol–water partition coefficient (Wildman–Crippen LogP) is 2.01. The Hall–Kier alpha value is -2.32. The summed E-state index contributed by atoms with van der Waals surface area (Å²) in [6, 6.07) is 14.5. The van der Waals surface area contributed by atoms with Gasteiger partial charge in [-0.2, -0.15) is 0 Å². The van der Waals surface area contributed by atoms with E-state index in [0.717, 1.165) is 36.3 Å². The van der Waals surface area contributed by atoms with Gasteiger partial charge < -0.3 is 16.4 Å². The number of carbonyl (C=O) groups excluding carboxylic acids is 1. The van der Waals surface area contributed by atoms with Crippen LogP contribution >= 0.6 is 12.2 Å². The van der Waals surface area contributed by atoms with E-state index in [1.807, 2.05) is 32.0 Å². The maximum absolute atomic E-state index is 12.9. The van der Waals surface area contributed by atoms with E-state index in [-0.39, 0.29) is 12.2 Å². The number of nitrogens with zero attached hydrogens (tertiary/aromatic N) is 1. The zero-order valence-corrected chi connectivity index (χ0v) is 17.6. The first-order valence-electron chi connectivity index (χ1n) is 9.94. The molecule has 3 unspecified atom stereocenters. The minimum atomic E-state index is -0.627. The Morgan fingerprint density at radius 2 is 1.83 bits per heavy atom. The van der Waals surface area contributed by atoms with Crippen LogP contribution in [0.15, 0.2) is 42.5 Å². The molecule has 0 aliphatic carbocycles. The average molecular weight is 410 g/mol. The maximum atomic E-state index is 12.9. The SMILES string of the molecule is Cc1cccc(C)c1NC(=S)C1C(=O)NC(N2CCc3ccccc3C2)NC1N. The topological polar surface area (TPSA) is 82.4 Å². The number of amides is 1. The largest absolute Gasteiger partial charge is 0.349 e. The number of hydrogen-bond acceptors (Lipinski definition) is 5. The van der Waals surface area contributed by atoms with Crippen molar-refractivity contribution in [2.75, 3.05) is 11.9 Å². The Labute approximate surface area is 176 Å². The van der Waals surface area contributed by atoms with Gasteiger partial charge in [-0.15, -0.1) is 0 Å². The Morgan fingerprint density at radius 3 is 2.52 bits per heavy atom. The van der Waals surface area contributed by atoms with Crippen molar-refractivity contribution in [1.29, 1.82) is 0 Å². The second kappa shape index (κ2) is 8.20. The van der Waals surface area contributed by atoms with Crippen molar-refractivity contribution in [2.24, 2.45) is 11.7 Å². The lowest BCUT2D eigenvalue weighted by molar-refractivity contribution is -0.129. The lowest BCUT2D eigenvalue weighted by Crippen LogP contribution is -2.71. The van der Waals surface area contributed by atoms with Gasteiger partial charge in [-0.05, 0) is 42.5 Å². The van der Waals surface area contributed by atoms with Crippen LogP contribution in [0.2, 0.25) is 0 Å². The van der Waals surface area contributed by atoms with Crippen molar-refractivity contribution >= 4 is 28.8 Å². The molecule has 0 radical (unpaired) electrons. The van der Waals surface area contributed by atoms with Gasteiger partial charge in [0.15, 0.2) is 0 Å². The molecule has 2 aliphatic rings. The maximum Gasteiger partial charge on any atom is 0.235 e. The molecule has 0 spiro atoms. The number of benzene rings is 2. The smallest absolute Gasteiger partial charge is 0.235 e. The molecule has 7 heteroatoms. The summed E-state index contributed by atoms with van der Waals surface area (Å²) in [4.78, 5) is 15.6. The molecule has 2 aliphatic heterocycles. The van der Waals surface area contributed by atoms with Crippen LogP contribution in [0.1, 0.15) is 22.3 Å². The molecule has 2 heterocycles. The number of hydrogen-bond donors (Lipinski definition) is 4. The Kier molecular flexibility index (Phi) is 5.65. The first kappa shape index (κ1) is 20.0. The van der Waals surface area contributed by atoms with E-state index in [2.05, 4.69) is 45.1 Å². The summed E-state index contributed by atoms with van der Waals surface area (Å²) in [6.45, 7) is 5.66. The van der Waals surface area contributed by atoms with Gasteiger partial charge in [-0.1, -0.05) is 54.7 Å². The number of para-hydroxylation sites is 1. The minimum Gasteiger partial charge on any atom is -0.349 e. The van der Waals surface area contributed by atoms with E-state index in [4.69, 9.17) is 18.0 Å². The van der Waals surface area contributed by atoms with Crippen molar-refractivity contribution in [3.8, 4) is 0 Å². The Balaban J connectivity index is 1.44. The van der Waals surface area contributed by atoms with Crippen LogP contribution in [-0.2, 0) is 17.8 Å². The van der Waals surface area contributed by atoms with Crippen molar-refractivity contribution in [1.82, 2.24) is 15.5 Å². The summed E-state index contributed by atoms with van der Waals surface area (Å²) in [6.07, 6.45) is 0.0930. The highest BCUT2D eigenvalue weighted by Crippen LogP contribution is 2.23. The monoisotopic (exact) mass is 409 g/mol. The highest BCUT2D eigenvalue weighted by molar-refractivity contribution is 7.80. The molecule has 0 bridgehead atoms. The molecule has 2 aromatic rings. The lowest BCUT2D eigenvalue weighted by Gasteiger charge is -2.42. The molecule has 152 valence electrons. The van der Waals surface area contributed by atoms with Gasteiger partial charge in [0.2, 0.25) is 5.91 Å². The van der Waals surface area contributed by atoms with E-state index in [1.165, 1.54) is 11.1 Å². The number of carbonyl (C=O) groups is 1. The second-order valence-electron chi connectivity index (χ2n) is 7.83. The van der Waals surface area contributed by atoms with E-state index in [9.17, 15) is 4.79 Å². The molecule has 4 rings (SSSR count). The van der Waals surface area contributed by atoms with Crippen LogP contribution in [0, 0.1) is 19.8 Å². The first-order valence-corrected chi connectivity index (χ1v) is 10.3. The van der Waals surface area contributed by atoms with E-state index < -0.39 is 12.1 Å². The van der Waals surface area contributed by atoms with Gasteiger partial charge in [-0.3, -0.25) is 15.0 Å². The van der Waals surface area contributed by atoms with Gasteiger partial charge in [0.1, 0.15) is 12.2 Å². The van der Waals surface area contributed by atoms with E-state index in [0.29, 0.717) is 4.99 Å². The number of thiocarbonyl (C=S) groups is 1. The zero-order valence-electron chi connectivity index (χ0n) is 16.7. The molecule has 0 aromatic heterocycles. The number of nitrogens with two attached hydrogens (primary N) is 1. The fourth-order valence-electron chi connectivity index (χ4n) is 4.14. The summed E-state index contributed by atoms with van der Waals surface area (Å²) < 4.78 is 0. The minimum absolute atomic E-state index is 0.149. The van der Waals surface area contributed by atoms with Gasteiger partial charge in [0, 0.05) is 18.8 Å². The summed E-state index contributed by atoms with van der Waals surface area (Å²) in [5, 5.41) is 9.65. The zero-order chi connectivity index (χ0) is 20.5. The Bertz CT molecular complexity index is 926. The highest BCUT2D eigenvalue weighted by atomic mass is 32.1. The normalized spacial score (nSPS) is 24.5. The third-order valence-corrected chi connectivity index (χ3v) is 6.16. The summed E-state index contributed by atoms with van der Waals surface area (Å²) in [5.74, 6) is -0.777. The van der Waals surface area contributed by atoms with Gasteiger partial charge in [0.25, 0.3) is 0 Å². The number of rotatable bonds is 3. The lowest BCUT2D eigenvalue weighted by atomic mass is 9.98. The molecule has 5 N–H and O–H groups in total. The fraction of sp³-hybridized carbons (Fsp3) is 0.364. The second-order valence-corrected chi connectivity index (χ2v) is 8.27. The number of anilines is 1. The van der Waals surface area contributed by atoms with Gasteiger partial charge >= 0.3 is 0 Å². The van der Waals surface area contributed by atoms with E-state index in [1.54, 1.807) is 0 Å². The molecule has 6 nitrogen and oxygen atoms in total. The molecule has 29 heavy (non-hydrogen) atoms. The van der Waals surface area contributed by atoms with Crippen LogP contribution in [0.4, 0.5) is 5.69 Å². The quantitative estimate of drug-likeness (QED) is 0.581. The third-order valence-electron chi connectivity index (χ3n) is 5.81. The number of aryl methyl sites for hydroxylation is 2. The van der Waals surface area contributed by atoms with Gasteiger partial charge in [-0.25, -0.2) is 0 Å². The molecule has 1 amide bonds. The van der Waals surface area contributed by atoms with Crippen molar-refractivity contribution in [3.05, 3.63) is 64.7 Å². The van der Waals surface area contributed by atoms with Crippen LogP contribution in [0.25, 0.3) is 0 Å². The molecule has 3 atom stereocenters. The third kappa shape index (κ3) is 4.04. The van der Waals surface area contributed by atoms with Crippen LogP contribution in [0.5, 0.6) is 0 Å². The van der Waals surface area contributed by atoms with Crippen molar-refractivity contribution < 1.29 is 4.79 Å². The molecular weight excluding hydrogens is 382 g/mol. The summed E-state index contributed by atoms with van der Waals surface area (Å²) in [5.41, 5.74) is 12.1. The first-order chi connectivity index (χ1) is 13.9. The average Bonchev–Trinajstić information content (AvgIpc) is 2.70. The fourth-order valence-corrected chi connectivity index (χ4v) is 4.49. The van der Waals surface area contributed by atoms with Crippen molar-refractivity contribution in [3.63, 3.8) is 0 Å². The van der Waals surface area contributed by atoms with Crippen molar-refractivity contribution in [2.45, 2.75) is 39.3 Å². The van der Waals surface area contributed by atoms with Gasteiger partial charge in [0.05, 0.1) is 11.2 Å². The molecule has 1 fully saturated rings. The number of fused-ring (bicyclic) bond motifs is 1. The highest BCUT2D eigenvalue weighted by Gasteiger charge is 2.39. The molecule has 2 aromatic carbocycles. The molecule has 0 saturated carbocycles. The number of nitrogens with one attached hydrogen (secondary N) is 3. The standard InChI is InChI=1S/C22H27N5OS/c1-13-6-5-7-14(2)18(13)24-21(29)17-19(23)25-22(26-20(17)28)27-11-10-15-8-3-4-9-16(15)12-27/h3-9,17,19,22,25H,10-12,23H2,1-2H3,(H,24,29)(H,26,28). The van der Waals surface area contributed by atoms with Crippen LogP contribution in [0.3, 0.4) is 0 Å².